The van der Waals surface area contributed by atoms with Crippen molar-refractivity contribution >= 4 is 23.3 Å². The summed E-state index contributed by atoms with van der Waals surface area (Å²) in [5.41, 5.74) is 8.11. The van der Waals surface area contributed by atoms with Crippen molar-refractivity contribution in [2.45, 2.75) is 0 Å². The van der Waals surface area contributed by atoms with Crippen molar-refractivity contribution in [2.75, 3.05) is 18.2 Å². The summed E-state index contributed by atoms with van der Waals surface area (Å²) >= 11 is 0. The number of para-hydroxylation sites is 1. The molecule has 1 amide bonds. The average molecular weight is 349 g/mol. The minimum absolute atomic E-state index is 0.149. The fourth-order valence-electron chi connectivity index (χ4n) is 2.61. The van der Waals surface area contributed by atoms with Crippen LogP contribution in [0.3, 0.4) is 0 Å². The van der Waals surface area contributed by atoms with E-state index < -0.39 is 0 Å². The number of anilines is 2. The number of carbonyl (C=O) groups excluding carboxylic acids is 1. The average Bonchev–Trinajstić information content (AvgIpc) is 3.26. The molecule has 0 aliphatic rings. The highest BCUT2D eigenvalue weighted by molar-refractivity contribution is 6.04. The van der Waals surface area contributed by atoms with Crippen molar-refractivity contribution in [1.82, 2.24) is 24.8 Å². The number of ether oxygens (including phenoxy) is 1. The molecule has 0 radical (unpaired) electrons. The minimum atomic E-state index is -0.320. The second-order valence-electron chi connectivity index (χ2n) is 5.51. The first-order valence-electron chi connectivity index (χ1n) is 7.76. The third kappa shape index (κ3) is 2.81. The summed E-state index contributed by atoms with van der Waals surface area (Å²) in [4.78, 5) is 16.5. The predicted molar refractivity (Wildman–Crippen MR) is 95.9 cm³/mol. The largest absolute Gasteiger partial charge is 0.496 e. The molecule has 1 aromatic carbocycles. The molecule has 4 aromatic rings. The molecule has 0 saturated carbocycles. The highest BCUT2D eigenvalue weighted by Gasteiger charge is 2.13. The lowest BCUT2D eigenvalue weighted by atomic mass is 10.1. The number of nitrogens with two attached hydrogens (primary N) is 1. The Morgan fingerprint density at radius 2 is 2.12 bits per heavy atom. The molecule has 0 aliphatic heterocycles. The molecule has 0 atom stereocenters. The van der Waals surface area contributed by atoms with Crippen molar-refractivity contribution in [3.05, 3.63) is 54.2 Å². The van der Waals surface area contributed by atoms with Gasteiger partial charge in [0.25, 0.3) is 5.91 Å². The maximum absolute atomic E-state index is 12.5. The summed E-state index contributed by atoms with van der Waals surface area (Å²) in [7, 11) is 1.60. The van der Waals surface area contributed by atoms with Crippen LogP contribution in [0.1, 0.15) is 10.4 Å². The van der Waals surface area contributed by atoms with E-state index in [-0.39, 0.29) is 11.9 Å². The number of benzene rings is 1. The molecule has 0 saturated heterocycles. The number of rotatable bonds is 4. The normalized spacial score (nSPS) is 10.8. The Morgan fingerprint density at radius 3 is 2.96 bits per heavy atom. The SMILES string of the molecule is COc1ccccc1-c1cc(NC(=O)c2ccc3nc(N)nn3c2)n[nH]1. The molecule has 0 unspecified atom stereocenters. The van der Waals surface area contributed by atoms with Gasteiger partial charge in [-0.3, -0.25) is 9.89 Å². The van der Waals surface area contributed by atoms with Crippen LogP contribution in [0.25, 0.3) is 16.9 Å². The molecule has 0 bridgehead atoms. The number of methoxy groups -OCH3 is 1. The molecule has 9 nitrogen and oxygen atoms in total. The van der Waals surface area contributed by atoms with Crippen LogP contribution in [0.15, 0.2) is 48.7 Å². The highest BCUT2D eigenvalue weighted by atomic mass is 16.5. The molecule has 4 N–H and O–H groups in total. The fraction of sp³-hybridized carbons (Fsp3) is 0.0588. The van der Waals surface area contributed by atoms with E-state index in [1.807, 2.05) is 24.3 Å². The van der Waals surface area contributed by atoms with Crippen LogP contribution < -0.4 is 15.8 Å². The first-order chi connectivity index (χ1) is 12.6. The third-order valence-corrected chi connectivity index (χ3v) is 3.83. The molecule has 0 fully saturated rings. The van der Waals surface area contributed by atoms with Crippen molar-refractivity contribution in [3.8, 4) is 17.0 Å². The lowest BCUT2D eigenvalue weighted by molar-refractivity contribution is 0.102. The molecule has 26 heavy (non-hydrogen) atoms. The summed E-state index contributed by atoms with van der Waals surface area (Å²) in [6.07, 6.45) is 1.56. The molecule has 130 valence electrons. The Balaban J connectivity index is 1.57. The van der Waals surface area contributed by atoms with Gasteiger partial charge in [-0.05, 0) is 24.3 Å². The molecule has 0 spiro atoms. The van der Waals surface area contributed by atoms with E-state index >= 15 is 0 Å². The van der Waals surface area contributed by atoms with Gasteiger partial charge in [-0.1, -0.05) is 12.1 Å². The van der Waals surface area contributed by atoms with Crippen LogP contribution in [-0.4, -0.2) is 37.8 Å². The standard InChI is InChI=1S/C17H15N7O2/c1-26-13-5-3-2-4-11(13)12-8-14(22-21-12)19-16(25)10-6-7-15-20-17(18)23-24(15)9-10/h2-9H,1H3,(H2,18,23)(H2,19,21,22,25). The second-order valence-corrected chi connectivity index (χ2v) is 5.51. The van der Waals surface area contributed by atoms with Crippen molar-refractivity contribution in [2.24, 2.45) is 0 Å². The Kier molecular flexibility index (Phi) is 3.73. The lowest BCUT2D eigenvalue weighted by Gasteiger charge is -2.05. The molecule has 3 heterocycles. The number of H-pyrrole nitrogens is 1. The topological polar surface area (TPSA) is 123 Å². The van der Waals surface area contributed by atoms with Crippen LogP contribution in [0.4, 0.5) is 11.8 Å². The number of nitrogens with one attached hydrogen (secondary N) is 2. The summed E-state index contributed by atoms with van der Waals surface area (Å²) in [5, 5.41) is 13.8. The molecule has 3 aromatic heterocycles. The van der Waals surface area contributed by atoms with Gasteiger partial charge in [0, 0.05) is 17.8 Å². The first kappa shape index (κ1) is 15.6. The Hall–Kier alpha value is -3.88. The minimum Gasteiger partial charge on any atom is -0.496 e. The maximum atomic E-state index is 12.5. The van der Waals surface area contributed by atoms with Crippen molar-refractivity contribution in [3.63, 3.8) is 0 Å². The van der Waals surface area contributed by atoms with Gasteiger partial charge < -0.3 is 15.8 Å². The van der Waals surface area contributed by atoms with Crippen LogP contribution in [0.2, 0.25) is 0 Å². The number of pyridine rings is 1. The molecule has 9 heteroatoms. The van der Waals surface area contributed by atoms with E-state index in [2.05, 4.69) is 25.6 Å². The zero-order valence-corrected chi connectivity index (χ0v) is 13.8. The second kappa shape index (κ2) is 6.20. The zero-order valence-electron chi connectivity index (χ0n) is 13.8. The Labute approximate surface area is 147 Å². The van der Waals surface area contributed by atoms with Crippen molar-refractivity contribution in [1.29, 1.82) is 0 Å². The van der Waals surface area contributed by atoms with Crippen LogP contribution in [0.5, 0.6) is 5.75 Å². The number of aromatic amines is 1. The first-order valence-corrected chi connectivity index (χ1v) is 7.76. The molecule has 4 rings (SSSR count). The number of hydrogen-bond donors (Lipinski definition) is 3. The summed E-state index contributed by atoms with van der Waals surface area (Å²) in [6.45, 7) is 0. The number of nitrogens with zero attached hydrogens (tertiary/aromatic N) is 4. The van der Waals surface area contributed by atoms with Gasteiger partial charge in [-0.15, -0.1) is 5.10 Å². The van der Waals surface area contributed by atoms with Gasteiger partial charge in [0.1, 0.15) is 5.75 Å². The Bertz CT molecular complexity index is 1100. The highest BCUT2D eigenvalue weighted by Crippen LogP contribution is 2.29. The van der Waals surface area contributed by atoms with Crippen LogP contribution >= 0.6 is 0 Å². The van der Waals surface area contributed by atoms with Gasteiger partial charge in [0.05, 0.1) is 18.4 Å². The third-order valence-electron chi connectivity index (χ3n) is 3.83. The van der Waals surface area contributed by atoms with Gasteiger partial charge in [-0.2, -0.15) is 10.1 Å². The van der Waals surface area contributed by atoms with Gasteiger partial charge in [0.15, 0.2) is 11.5 Å². The number of fused-ring (bicyclic) bond motifs is 1. The van der Waals surface area contributed by atoms with Gasteiger partial charge in [-0.25, -0.2) is 4.52 Å². The number of aromatic nitrogens is 5. The summed E-state index contributed by atoms with van der Waals surface area (Å²) < 4.78 is 6.79. The number of carbonyl (C=O) groups is 1. The van der Waals surface area contributed by atoms with Crippen molar-refractivity contribution < 1.29 is 9.53 Å². The number of hydrogen-bond acceptors (Lipinski definition) is 6. The molecular weight excluding hydrogens is 334 g/mol. The number of amides is 1. The van der Waals surface area contributed by atoms with Gasteiger partial charge in [0.2, 0.25) is 5.95 Å². The lowest BCUT2D eigenvalue weighted by Crippen LogP contribution is -2.13. The quantitative estimate of drug-likeness (QED) is 0.517. The summed E-state index contributed by atoms with van der Waals surface area (Å²) in [6, 6.07) is 12.6. The van der Waals surface area contributed by atoms with E-state index in [9.17, 15) is 4.79 Å². The van der Waals surface area contributed by atoms with E-state index in [1.54, 1.807) is 31.5 Å². The maximum Gasteiger partial charge on any atom is 0.258 e. The van der Waals surface area contributed by atoms with Crippen LogP contribution in [0, 0.1) is 0 Å². The molecular formula is C17H15N7O2. The smallest absolute Gasteiger partial charge is 0.258 e. The van der Waals surface area contributed by atoms with E-state index in [4.69, 9.17) is 10.5 Å². The van der Waals surface area contributed by atoms with E-state index in [0.717, 1.165) is 11.3 Å². The zero-order chi connectivity index (χ0) is 18.1. The number of nitrogen functional groups attached to an aromatic ring is 1. The Morgan fingerprint density at radius 1 is 1.27 bits per heavy atom. The summed E-state index contributed by atoms with van der Waals surface area (Å²) in [5.74, 6) is 0.938. The van der Waals surface area contributed by atoms with Gasteiger partial charge >= 0.3 is 0 Å². The fourth-order valence-corrected chi connectivity index (χ4v) is 2.61. The van der Waals surface area contributed by atoms with E-state index in [1.165, 1.54) is 4.52 Å². The molecule has 0 aliphatic carbocycles. The van der Waals surface area contributed by atoms with Crippen LogP contribution in [-0.2, 0) is 0 Å². The monoisotopic (exact) mass is 349 g/mol. The van der Waals surface area contributed by atoms with E-state index in [0.29, 0.717) is 22.8 Å². The predicted octanol–water partition coefficient (Wildman–Crippen LogP) is 1.96.